The van der Waals surface area contributed by atoms with E-state index in [1.807, 2.05) is 12.1 Å². The molecule has 0 spiro atoms. The lowest BCUT2D eigenvalue weighted by Crippen LogP contribution is -2.53. The van der Waals surface area contributed by atoms with Gasteiger partial charge in [0, 0.05) is 12.0 Å². The Morgan fingerprint density at radius 3 is 2.79 bits per heavy atom. The van der Waals surface area contributed by atoms with E-state index in [0.717, 1.165) is 31.4 Å². The van der Waals surface area contributed by atoms with Gasteiger partial charge in [-0.3, -0.25) is 19.1 Å². The van der Waals surface area contributed by atoms with Crippen molar-refractivity contribution in [3.63, 3.8) is 0 Å². The number of aliphatic imine (C=N–C) groups is 1. The Balaban J connectivity index is 1.91. The van der Waals surface area contributed by atoms with Crippen LogP contribution in [-0.4, -0.2) is 42.6 Å². The lowest BCUT2D eigenvalue weighted by atomic mass is 9.87. The van der Waals surface area contributed by atoms with Crippen molar-refractivity contribution in [2.75, 3.05) is 18.4 Å². The van der Waals surface area contributed by atoms with Crippen LogP contribution >= 0.6 is 0 Å². The quantitative estimate of drug-likeness (QED) is 0.584. The largest absolute Gasteiger partial charge is 0.477 e. The number of carboxylic acids is 1. The molecule has 2 atom stereocenters. The third kappa shape index (κ3) is 2.96. The Morgan fingerprint density at radius 1 is 1.29 bits per heavy atom. The number of anilines is 1. The average Bonchev–Trinajstić information content (AvgIpc) is 2.94. The van der Waals surface area contributed by atoms with Gasteiger partial charge < -0.3 is 10.4 Å². The zero-order valence-electron chi connectivity index (χ0n) is 15.6. The number of hydrogen-bond donors (Lipinski definition) is 2. The topological polar surface area (TPSA) is 95.8 Å². The number of aliphatic carboxylic acids is 1. The highest BCUT2D eigenvalue weighted by Crippen LogP contribution is 2.53. The number of hydrogen-bond acceptors (Lipinski definition) is 4. The number of quaternary nitrogens is 1. The van der Waals surface area contributed by atoms with Crippen LogP contribution in [0.15, 0.2) is 35.1 Å². The number of Topliss-reactive ketones (excluding diaryl/α,β-unsaturated/α-hetero) is 1. The number of fused-ring (bicyclic) bond motifs is 3. The number of benzene rings is 1. The van der Waals surface area contributed by atoms with E-state index in [4.69, 9.17) is 0 Å². The lowest BCUT2D eigenvalue weighted by Gasteiger charge is -2.38. The fourth-order valence-electron chi connectivity index (χ4n) is 5.17. The standard InChI is InChI=1S/C21H23N3O4/c25-13-23-15-7-4-8-16-20(15)21-17(9-22-10-18(21)26)24(16,12-19(27)28)11-14-5-2-1-3-6-14/h4,7-10,13-14,21H,1-3,5-6,11-12H2,(H-,23,25,27,28)/p+1. The molecule has 2 heterocycles. The zero-order chi connectivity index (χ0) is 19.7. The van der Waals surface area contributed by atoms with Gasteiger partial charge in [0.15, 0.2) is 12.3 Å². The van der Waals surface area contributed by atoms with Gasteiger partial charge in [-0.2, -0.15) is 0 Å². The van der Waals surface area contributed by atoms with Gasteiger partial charge in [-0.15, -0.1) is 0 Å². The Kier molecular flexibility index (Phi) is 4.85. The molecule has 1 aromatic carbocycles. The van der Waals surface area contributed by atoms with E-state index in [-0.39, 0.29) is 16.8 Å². The number of nitrogens with one attached hydrogen (secondary N) is 1. The summed E-state index contributed by atoms with van der Waals surface area (Å²) in [6.45, 7) is 0.494. The van der Waals surface area contributed by atoms with E-state index in [9.17, 15) is 19.5 Å². The van der Waals surface area contributed by atoms with Gasteiger partial charge in [-0.25, -0.2) is 4.79 Å². The molecule has 2 aliphatic heterocycles. The van der Waals surface area contributed by atoms with Crippen molar-refractivity contribution in [3.05, 3.63) is 35.7 Å². The maximum atomic E-state index is 12.8. The molecule has 0 bridgehead atoms. The van der Waals surface area contributed by atoms with E-state index >= 15 is 0 Å². The molecule has 0 saturated heterocycles. The minimum Gasteiger partial charge on any atom is -0.477 e. The van der Waals surface area contributed by atoms with Crippen molar-refractivity contribution >= 4 is 35.8 Å². The number of carboxylic acid groups (broad SMARTS) is 1. The molecule has 1 aromatic rings. The van der Waals surface area contributed by atoms with Crippen molar-refractivity contribution in [2.24, 2.45) is 10.9 Å². The Bertz CT molecular complexity index is 886. The minimum atomic E-state index is -0.918. The fourth-order valence-corrected chi connectivity index (χ4v) is 5.17. The van der Waals surface area contributed by atoms with E-state index < -0.39 is 11.9 Å². The van der Waals surface area contributed by atoms with E-state index in [1.165, 1.54) is 12.6 Å². The monoisotopic (exact) mass is 382 g/mol. The number of carbonyl (C=O) groups is 3. The maximum absolute atomic E-state index is 12.8. The molecule has 28 heavy (non-hydrogen) atoms. The van der Waals surface area contributed by atoms with Crippen molar-refractivity contribution in [1.29, 1.82) is 0 Å². The molecule has 7 nitrogen and oxygen atoms in total. The zero-order valence-corrected chi connectivity index (χ0v) is 15.6. The van der Waals surface area contributed by atoms with Crippen molar-refractivity contribution < 1.29 is 19.5 Å². The molecule has 2 N–H and O–H groups in total. The van der Waals surface area contributed by atoms with Crippen LogP contribution in [0.2, 0.25) is 0 Å². The molecule has 1 fully saturated rings. The second-order valence-electron chi connectivity index (χ2n) is 7.87. The minimum absolute atomic E-state index is 0.109. The molecule has 1 amide bonds. The summed E-state index contributed by atoms with van der Waals surface area (Å²) in [5, 5.41) is 12.5. The van der Waals surface area contributed by atoms with E-state index in [0.29, 0.717) is 35.8 Å². The summed E-state index contributed by atoms with van der Waals surface area (Å²) in [7, 11) is 0. The number of rotatable bonds is 6. The summed E-state index contributed by atoms with van der Waals surface area (Å²) >= 11 is 0. The average molecular weight is 382 g/mol. The van der Waals surface area contributed by atoms with Gasteiger partial charge in [-0.05, 0) is 18.9 Å². The van der Waals surface area contributed by atoms with Crippen molar-refractivity contribution in [2.45, 2.75) is 38.0 Å². The number of carbonyl (C=O) groups excluding carboxylic acids is 2. The highest BCUT2D eigenvalue weighted by Gasteiger charge is 2.55. The second kappa shape index (κ2) is 7.31. The molecule has 0 radical (unpaired) electrons. The highest BCUT2D eigenvalue weighted by atomic mass is 16.4. The van der Waals surface area contributed by atoms with Gasteiger partial charge >= 0.3 is 5.97 Å². The second-order valence-corrected chi connectivity index (χ2v) is 7.87. The Labute approximate surface area is 163 Å². The molecule has 3 aliphatic rings. The van der Waals surface area contributed by atoms with Gasteiger partial charge in [0.25, 0.3) is 0 Å². The predicted octanol–water partition coefficient (Wildman–Crippen LogP) is 2.82. The van der Waals surface area contributed by atoms with Gasteiger partial charge in [0.05, 0.1) is 30.2 Å². The van der Waals surface area contributed by atoms with Gasteiger partial charge in [0.2, 0.25) is 6.41 Å². The smallest absolute Gasteiger partial charge is 0.360 e. The van der Waals surface area contributed by atoms with Crippen molar-refractivity contribution in [1.82, 2.24) is 4.48 Å². The van der Waals surface area contributed by atoms with Crippen LogP contribution < -0.4 is 9.80 Å². The summed E-state index contributed by atoms with van der Waals surface area (Å²) < 4.78 is 0.109. The summed E-state index contributed by atoms with van der Waals surface area (Å²) in [6.07, 6.45) is 9.18. The van der Waals surface area contributed by atoms with Crippen LogP contribution in [0, 0.1) is 5.92 Å². The Hall–Kier alpha value is -2.80. The molecule has 4 rings (SSSR count). The molecule has 7 heteroatoms. The summed E-state index contributed by atoms with van der Waals surface area (Å²) in [5.74, 6) is -1.30. The normalized spacial score (nSPS) is 26.4. The first-order valence-electron chi connectivity index (χ1n) is 9.77. The van der Waals surface area contributed by atoms with Crippen LogP contribution in [0.3, 0.4) is 0 Å². The third-order valence-electron chi connectivity index (χ3n) is 6.23. The molecular formula is C21H24N3O4+. The summed E-state index contributed by atoms with van der Waals surface area (Å²) in [6, 6.07) is 5.46. The molecule has 2 unspecified atom stereocenters. The number of ketones is 1. The molecular weight excluding hydrogens is 358 g/mol. The molecule has 146 valence electrons. The molecule has 0 aromatic heterocycles. The van der Waals surface area contributed by atoms with Crippen LogP contribution in [0.1, 0.15) is 43.6 Å². The summed E-state index contributed by atoms with van der Waals surface area (Å²) in [4.78, 5) is 40.0. The SMILES string of the molecule is O=CNc1cccc2c1C1C(=O)C=NC=C1[N+]2(CC(=O)O)CC1CCCCC1. The summed E-state index contributed by atoms with van der Waals surface area (Å²) in [5.41, 5.74) is 2.75. The first-order chi connectivity index (χ1) is 13.6. The van der Waals surface area contributed by atoms with Crippen LogP contribution in [0.5, 0.6) is 0 Å². The van der Waals surface area contributed by atoms with Crippen LogP contribution in [-0.2, 0) is 14.4 Å². The predicted molar refractivity (Wildman–Crippen MR) is 106 cm³/mol. The van der Waals surface area contributed by atoms with Gasteiger partial charge in [-0.1, -0.05) is 25.3 Å². The Morgan fingerprint density at radius 2 is 2.07 bits per heavy atom. The lowest BCUT2D eigenvalue weighted by molar-refractivity contribution is -0.137. The first kappa shape index (κ1) is 18.6. The number of nitrogens with zero attached hydrogens (tertiary/aromatic N) is 2. The third-order valence-corrected chi connectivity index (χ3v) is 6.23. The highest BCUT2D eigenvalue weighted by molar-refractivity contribution is 6.32. The fraction of sp³-hybridized carbons (Fsp3) is 0.429. The molecule has 1 saturated carbocycles. The van der Waals surface area contributed by atoms with Crippen LogP contribution in [0.25, 0.3) is 0 Å². The van der Waals surface area contributed by atoms with E-state index in [1.54, 1.807) is 12.3 Å². The number of amides is 1. The van der Waals surface area contributed by atoms with Crippen molar-refractivity contribution in [3.8, 4) is 0 Å². The number of allylic oxidation sites excluding steroid dienone is 1. The maximum Gasteiger partial charge on any atom is 0.360 e. The van der Waals surface area contributed by atoms with E-state index in [2.05, 4.69) is 10.3 Å². The van der Waals surface area contributed by atoms with Crippen LogP contribution in [0.4, 0.5) is 11.4 Å². The first-order valence-corrected chi connectivity index (χ1v) is 9.77. The van der Waals surface area contributed by atoms with Gasteiger partial charge in [0.1, 0.15) is 17.3 Å². The molecule has 1 aliphatic carbocycles.